The molecular formula is C18H26O5. The largest absolute Gasteiger partial charge is 0.481 e. The van der Waals surface area contributed by atoms with E-state index in [2.05, 4.69) is 0 Å². The first-order valence-corrected chi connectivity index (χ1v) is 8.31. The fourth-order valence-electron chi connectivity index (χ4n) is 4.16. The van der Waals surface area contributed by atoms with Gasteiger partial charge in [-0.15, -0.1) is 0 Å². The lowest BCUT2D eigenvalue weighted by molar-refractivity contribution is -0.161. The number of hydrogen-bond acceptors (Lipinski definition) is 4. The van der Waals surface area contributed by atoms with E-state index >= 15 is 0 Å². The van der Waals surface area contributed by atoms with E-state index in [-0.39, 0.29) is 23.6 Å². The van der Waals surface area contributed by atoms with Crippen LogP contribution in [0.5, 0.6) is 0 Å². The van der Waals surface area contributed by atoms with Gasteiger partial charge < -0.3 is 9.84 Å². The number of fused-ring (bicyclic) bond motifs is 1. The average molecular weight is 322 g/mol. The Bertz CT molecular complexity index is 562. The van der Waals surface area contributed by atoms with E-state index in [0.29, 0.717) is 32.1 Å². The second-order valence-corrected chi connectivity index (χ2v) is 7.20. The van der Waals surface area contributed by atoms with Crippen LogP contribution in [0.3, 0.4) is 0 Å². The van der Waals surface area contributed by atoms with Crippen molar-refractivity contribution in [2.45, 2.75) is 65.4 Å². The highest BCUT2D eigenvalue weighted by molar-refractivity contribution is 5.96. The molecule has 128 valence electrons. The number of hydrogen-bond donors (Lipinski definition) is 1. The van der Waals surface area contributed by atoms with Crippen LogP contribution in [0.1, 0.15) is 59.8 Å². The SMILES string of the molecule is CC(=O)O[C@]1(C)CC[C@@H]([C@H](C)C(=O)O)CC2=C(C)C(=O)CC[C@H]21. The molecule has 4 atom stereocenters. The quantitative estimate of drug-likeness (QED) is 0.807. The first kappa shape index (κ1) is 17.7. The van der Waals surface area contributed by atoms with E-state index < -0.39 is 17.5 Å². The number of carbonyl (C=O) groups excluding carboxylic acids is 2. The van der Waals surface area contributed by atoms with Crippen molar-refractivity contribution in [3.63, 3.8) is 0 Å². The standard InChI is InChI=1S/C18H26O5/c1-10(17(21)22)13-7-8-18(4,23-12(3)19)15-5-6-16(20)11(2)14(15)9-13/h10,13,15H,5-9H2,1-4H3,(H,21,22)/t10-,13+,15+,18+/m0/s1. The van der Waals surface area contributed by atoms with Gasteiger partial charge in [-0.3, -0.25) is 14.4 Å². The Kier molecular flexibility index (Phi) is 4.97. The molecule has 0 aromatic carbocycles. The van der Waals surface area contributed by atoms with Crippen molar-refractivity contribution in [1.29, 1.82) is 0 Å². The molecule has 0 radical (unpaired) electrons. The Morgan fingerprint density at radius 2 is 2.00 bits per heavy atom. The van der Waals surface area contributed by atoms with Gasteiger partial charge in [0.25, 0.3) is 0 Å². The van der Waals surface area contributed by atoms with Crippen molar-refractivity contribution < 1.29 is 24.2 Å². The van der Waals surface area contributed by atoms with Gasteiger partial charge in [0, 0.05) is 19.3 Å². The lowest BCUT2D eigenvalue weighted by atomic mass is 9.72. The molecule has 0 amide bonds. The molecule has 23 heavy (non-hydrogen) atoms. The van der Waals surface area contributed by atoms with Gasteiger partial charge >= 0.3 is 11.9 Å². The molecule has 1 fully saturated rings. The highest BCUT2D eigenvalue weighted by Crippen LogP contribution is 2.48. The molecule has 0 saturated heterocycles. The van der Waals surface area contributed by atoms with Gasteiger partial charge in [-0.2, -0.15) is 0 Å². The molecule has 0 bridgehead atoms. The molecule has 2 rings (SSSR count). The van der Waals surface area contributed by atoms with Crippen molar-refractivity contribution in [3.05, 3.63) is 11.1 Å². The van der Waals surface area contributed by atoms with Gasteiger partial charge in [-0.1, -0.05) is 12.5 Å². The third kappa shape index (κ3) is 3.48. The number of esters is 1. The summed E-state index contributed by atoms with van der Waals surface area (Å²) in [6.07, 6.45) is 3.05. The Morgan fingerprint density at radius 3 is 2.57 bits per heavy atom. The first-order chi connectivity index (χ1) is 10.7. The fraction of sp³-hybridized carbons (Fsp3) is 0.722. The minimum atomic E-state index is -0.817. The van der Waals surface area contributed by atoms with E-state index in [1.54, 1.807) is 6.92 Å². The number of ether oxygens (including phenoxy) is 1. The highest BCUT2D eigenvalue weighted by atomic mass is 16.6. The summed E-state index contributed by atoms with van der Waals surface area (Å²) in [6, 6.07) is 0. The van der Waals surface area contributed by atoms with Crippen LogP contribution in [0.4, 0.5) is 0 Å². The molecule has 0 aromatic heterocycles. The van der Waals surface area contributed by atoms with Gasteiger partial charge in [0.05, 0.1) is 5.92 Å². The van der Waals surface area contributed by atoms with E-state index in [4.69, 9.17) is 4.74 Å². The summed E-state index contributed by atoms with van der Waals surface area (Å²) in [7, 11) is 0. The van der Waals surface area contributed by atoms with Crippen LogP contribution in [0, 0.1) is 17.8 Å². The zero-order valence-electron chi connectivity index (χ0n) is 14.3. The van der Waals surface area contributed by atoms with Gasteiger partial charge in [-0.25, -0.2) is 0 Å². The lowest BCUT2D eigenvalue weighted by Gasteiger charge is -2.39. The number of carbonyl (C=O) groups is 3. The van der Waals surface area contributed by atoms with Crippen molar-refractivity contribution >= 4 is 17.7 Å². The number of carboxylic acid groups (broad SMARTS) is 1. The molecule has 2 aliphatic rings. The third-order valence-electron chi connectivity index (χ3n) is 5.68. The topological polar surface area (TPSA) is 80.7 Å². The lowest BCUT2D eigenvalue weighted by Crippen LogP contribution is -2.41. The van der Waals surface area contributed by atoms with Crippen molar-refractivity contribution in [1.82, 2.24) is 0 Å². The molecular weight excluding hydrogens is 296 g/mol. The number of carboxylic acids is 1. The normalized spacial score (nSPS) is 32.8. The minimum Gasteiger partial charge on any atom is -0.481 e. The second kappa shape index (κ2) is 6.46. The summed E-state index contributed by atoms with van der Waals surface area (Å²) in [5.74, 6) is -1.52. The zero-order valence-corrected chi connectivity index (χ0v) is 14.3. The molecule has 0 unspecified atom stereocenters. The molecule has 2 aliphatic carbocycles. The Balaban J connectivity index is 2.44. The van der Waals surface area contributed by atoms with Crippen LogP contribution in [-0.4, -0.2) is 28.4 Å². The number of ketones is 1. The Morgan fingerprint density at radius 1 is 1.35 bits per heavy atom. The Hall–Kier alpha value is -1.65. The maximum absolute atomic E-state index is 12.1. The maximum atomic E-state index is 12.1. The van der Waals surface area contributed by atoms with Gasteiger partial charge in [0.15, 0.2) is 5.78 Å². The molecule has 5 nitrogen and oxygen atoms in total. The number of rotatable bonds is 3. The summed E-state index contributed by atoms with van der Waals surface area (Å²) in [5, 5.41) is 9.35. The summed E-state index contributed by atoms with van der Waals surface area (Å²) in [5.41, 5.74) is 1.08. The third-order valence-corrected chi connectivity index (χ3v) is 5.68. The van der Waals surface area contributed by atoms with E-state index in [1.807, 2.05) is 13.8 Å². The van der Waals surface area contributed by atoms with Gasteiger partial charge in [-0.05, 0) is 51.0 Å². The molecule has 0 spiro atoms. The van der Waals surface area contributed by atoms with Crippen molar-refractivity contribution in [2.75, 3.05) is 0 Å². The fourth-order valence-corrected chi connectivity index (χ4v) is 4.16. The van der Waals surface area contributed by atoms with Crippen molar-refractivity contribution in [2.24, 2.45) is 17.8 Å². The second-order valence-electron chi connectivity index (χ2n) is 7.20. The van der Waals surface area contributed by atoms with Crippen LogP contribution < -0.4 is 0 Å². The van der Waals surface area contributed by atoms with Gasteiger partial charge in [0.2, 0.25) is 0 Å². The average Bonchev–Trinajstić information content (AvgIpc) is 2.59. The predicted molar refractivity (Wildman–Crippen MR) is 84.7 cm³/mol. The molecule has 1 saturated carbocycles. The summed E-state index contributed by atoms with van der Waals surface area (Å²) in [6.45, 7) is 6.87. The molecule has 0 heterocycles. The van der Waals surface area contributed by atoms with Crippen LogP contribution in [0.2, 0.25) is 0 Å². The first-order valence-electron chi connectivity index (χ1n) is 8.31. The van der Waals surface area contributed by atoms with Crippen LogP contribution in [0.25, 0.3) is 0 Å². The number of aliphatic carboxylic acids is 1. The molecule has 1 N–H and O–H groups in total. The Labute approximate surface area is 137 Å². The molecule has 0 aliphatic heterocycles. The number of Topliss-reactive ketones (excluding diaryl/α,β-unsaturated/α-hetero) is 1. The summed E-state index contributed by atoms with van der Waals surface area (Å²) in [4.78, 5) is 35.1. The van der Waals surface area contributed by atoms with E-state index in [9.17, 15) is 19.5 Å². The monoisotopic (exact) mass is 322 g/mol. The van der Waals surface area contributed by atoms with Crippen LogP contribution in [-0.2, 0) is 19.1 Å². The van der Waals surface area contributed by atoms with Crippen molar-refractivity contribution in [3.8, 4) is 0 Å². The smallest absolute Gasteiger partial charge is 0.306 e. The predicted octanol–water partition coefficient (Wildman–Crippen LogP) is 3.12. The highest BCUT2D eigenvalue weighted by Gasteiger charge is 2.46. The van der Waals surface area contributed by atoms with E-state index in [1.165, 1.54) is 6.92 Å². The van der Waals surface area contributed by atoms with Crippen LogP contribution >= 0.6 is 0 Å². The van der Waals surface area contributed by atoms with E-state index in [0.717, 1.165) is 11.1 Å². The number of allylic oxidation sites excluding steroid dienone is 1. The maximum Gasteiger partial charge on any atom is 0.306 e. The molecule has 0 aromatic rings. The van der Waals surface area contributed by atoms with Crippen LogP contribution in [0.15, 0.2) is 11.1 Å². The summed E-state index contributed by atoms with van der Waals surface area (Å²) < 4.78 is 5.67. The zero-order chi connectivity index (χ0) is 17.4. The minimum absolute atomic E-state index is 0.00935. The summed E-state index contributed by atoms with van der Waals surface area (Å²) >= 11 is 0. The molecule has 5 heteroatoms. The van der Waals surface area contributed by atoms with Gasteiger partial charge in [0.1, 0.15) is 5.60 Å².